The lowest BCUT2D eigenvalue weighted by molar-refractivity contribution is -0.142. The second-order valence-corrected chi connectivity index (χ2v) is 10.5. The minimum absolute atomic E-state index is 0.101. The zero-order chi connectivity index (χ0) is 26.0. The molecule has 1 aromatic rings. The van der Waals surface area contributed by atoms with Gasteiger partial charge in [-0.05, 0) is 55.6 Å². The molecule has 0 spiro atoms. The minimum atomic E-state index is -1.08. The number of benzene rings is 1. The highest BCUT2D eigenvalue weighted by Crippen LogP contribution is 2.37. The third-order valence-electron chi connectivity index (χ3n) is 8.24. The summed E-state index contributed by atoms with van der Waals surface area (Å²) in [6, 6.07) is 6.18. The van der Waals surface area contributed by atoms with E-state index in [-0.39, 0.29) is 30.7 Å². The number of hydrogen-bond donors (Lipinski definition) is 1. The Hall–Kier alpha value is -3.14. The van der Waals surface area contributed by atoms with Gasteiger partial charge in [0.05, 0.1) is 12.1 Å². The van der Waals surface area contributed by atoms with Crippen molar-refractivity contribution in [3.8, 4) is 0 Å². The van der Waals surface area contributed by atoms with Crippen LogP contribution in [-0.2, 0) is 14.3 Å². The molecule has 1 N–H and O–H groups in total. The second-order valence-electron chi connectivity index (χ2n) is 10.5. The van der Waals surface area contributed by atoms with Crippen LogP contribution in [0.1, 0.15) is 49.4 Å². The summed E-state index contributed by atoms with van der Waals surface area (Å²) in [4.78, 5) is 48.9. The number of ether oxygens (including phenoxy) is 1. The van der Waals surface area contributed by atoms with Gasteiger partial charge in [0.1, 0.15) is 18.2 Å². The molecule has 3 aliphatic heterocycles. The quantitative estimate of drug-likeness (QED) is 0.340. The molecule has 2 amide bonds. The second kappa shape index (κ2) is 10.7. The van der Waals surface area contributed by atoms with Gasteiger partial charge in [0.2, 0.25) is 5.91 Å². The number of amides is 2. The Balaban J connectivity index is 1.28. The average molecular weight is 510 g/mol. The lowest BCUT2D eigenvalue weighted by Crippen LogP contribution is -2.60. The summed E-state index contributed by atoms with van der Waals surface area (Å²) in [6.07, 6.45) is 3.16. The number of anilines is 1. The predicted octanol–water partition coefficient (Wildman–Crippen LogP) is 2.12. The van der Waals surface area contributed by atoms with Crippen LogP contribution in [0.25, 0.3) is 10.4 Å². The lowest BCUT2D eigenvalue weighted by Gasteiger charge is -2.36. The molecule has 3 saturated heterocycles. The third kappa shape index (κ3) is 4.91. The van der Waals surface area contributed by atoms with Gasteiger partial charge in [0.25, 0.3) is 5.91 Å². The molecule has 5 rings (SSSR count). The molecule has 1 saturated carbocycles. The monoisotopic (exact) mass is 509 g/mol. The first-order chi connectivity index (χ1) is 18.0. The van der Waals surface area contributed by atoms with E-state index in [0.717, 1.165) is 57.7 Å². The molecule has 4 aliphatic rings. The molecule has 11 heteroatoms. The molecular formula is C26H35N7O4. The van der Waals surface area contributed by atoms with E-state index in [2.05, 4.69) is 32.1 Å². The minimum Gasteiger partial charge on any atom is -0.369 e. The van der Waals surface area contributed by atoms with E-state index in [0.29, 0.717) is 18.4 Å². The molecule has 37 heavy (non-hydrogen) atoms. The molecule has 0 aromatic heterocycles. The predicted molar refractivity (Wildman–Crippen MR) is 137 cm³/mol. The van der Waals surface area contributed by atoms with Crippen molar-refractivity contribution in [3.05, 3.63) is 40.3 Å². The molecule has 1 aliphatic carbocycles. The number of rotatable bonds is 7. The summed E-state index contributed by atoms with van der Waals surface area (Å²) in [7, 11) is 0. The Labute approximate surface area is 216 Å². The Kier molecular flexibility index (Phi) is 7.37. The fraction of sp³-hybridized carbons (Fsp3) is 0.654. The standard InChI is InChI=1S/C26H35N7O4/c1-2-11-31-12-14-32(15-13-31)19-7-5-18(6-8-19)24(35)28-26(9-3-4-10-26)25(36)33-16-20(29-30-27)23-22(33)21(34)17-37-23/h5-8,20,22-23H,2-4,9-17H2,1H3,(H,28,35)/t20-,22+,23+/m0/s1. The smallest absolute Gasteiger partial charge is 0.252 e. The highest BCUT2D eigenvalue weighted by molar-refractivity contribution is 6.01. The lowest BCUT2D eigenvalue weighted by atomic mass is 9.93. The fourth-order valence-corrected chi connectivity index (χ4v) is 6.31. The zero-order valence-corrected chi connectivity index (χ0v) is 21.3. The first-order valence-corrected chi connectivity index (χ1v) is 13.4. The van der Waals surface area contributed by atoms with Crippen molar-refractivity contribution in [2.45, 2.75) is 62.8 Å². The number of carbonyl (C=O) groups is 3. The first-order valence-electron chi connectivity index (χ1n) is 13.4. The largest absolute Gasteiger partial charge is 0.369 e. The number of carbonyl (C=O) groups excluding carboxylic acids is 3. The molecule has 0 unspecified atom stereocenters. The summed E-state index contributed by atoms with van der Waals surface area (Å²) in [5.41, 5.74) is 9.44. The molecule has 198 valence electrons. The van der Waals surface area contributed by atoms with Gasteiger partial charge in [-0.1, -0.05) is 24.9 Å². The van der Waals surface area contributed by atoms with Crippen molar-refractivity contribution < 1.29 is 19.1 Å². The van der Waals surface area contributed by atoms with Crippen LogP contribution in [0.4, 0.5) is 5.69 Å². The molecule has 0 radical (unpaired) electrons. The summed E-state index contributed by atoms with van der Waals surface area (Å²) >= 11 is 0. The van der Waals surface area contributed by atoms with Gasteiger partial charge in [-0.2, -0.15) is 0 Å². The van der Waals surface area contributed by atoms with E-state index >= 15 is 0 Å². The van der Waals surface area contributed by atoms with E-state index in [9.17, 15) is 14.4 Å². The fourth-order valence-electron chi connectivity index (χ4n) is 6.31. The van der Waals surface area contributed by atoms with E-state index in [1.54, 1.807) is 0 Å². The normalized spacial score (nSPS) is 27.2. The van der Waals surface area contributed by atoms with Crippen molar-refractivity contribution in [3.63, 3.8) is 0 Å². The summed E-state index contributed by atoms with van der Waals surface area (Å²) in [5.74, 6) is -0.783. The number of hydrogen-bond acceptors (Lipinski definition) is 7. The number of fused-ring (bicyclic) bond motifs is 1. The van der Waals surface area contributed by atoms with Crippen molar-refractivity contribution >= 4 is 23.3 Å². The van der Waals surface area contributed by atoms with Crippen LogP contribution >= 0.6 is 0 Å². The van der Waals surface area contributed by atoms with Crippen LogP contribution in [0.15, 0.2) is 29.4 Å². The number of piperazine rings is 1. The number of likely N-dealkylation sites (tertiary alicyclic amines) is 1. The number of Topliss-reactive ketones (excluding diaryl/α,β-unsaturated/α-hetero) is 1. The Bertz CT molecular complexity index is 1070. The average Bonchev–Trinajstić information content (AvgIpc) is 3.63. The van der Waals surface area contributed by atoms with Crippen molar-refractivity contribution in [2.75, 3.05) is 50.8 Å². The highest BCUT2D eigenvalue weighted by Gasteiger charge is 2.56. The number of azide groups is 1. The van der Waals surface area contributed by atoms with E-state index in [1.807, 2.05) is 24.3 Å². The van der Waals surface area contributed by atoms with E-state index in [4.69, 9.17) is 10.3 Å². The van der Waals surface area contributed by atoms with Crippen molar-refractivity contribution in [1.29, 1.82) is 0 Å². The first kappa shape index (κ1) is 25.5. The molecule has 11 nitrogen and oxygen atoms in total. The molecule has 4 fully saturated rings. The van der Waals surface area contributed by atoms with Gasteiger partial charge in [0, 0.05) is 48.9 Å². The van der Waals surface area contributed by atoms with Crippen LogP contribution in [0.5, 0.6) is 0 Å². The van der Waals surface area contributed by atoms with Gasteiger partial charge in [-0.25, -0.2) is 0 Å². The molecule has 3 heterocycles. The summed E-state index contributed by atoms with van der Waals surface area (Å²) in [6.45, 7) is 7.32. The van der Waals surface area contributed by atoms with Crippen LogP contribution in [0.2, 0.25) is 0 Å². The van der Waals surface area contributed by atoms with Gasteiger partial charge >= 0.3 is 0 Å². The maximum absolute atomic E-state index is 13.9. The van der Waals surface area contributed by atoms with Crippen LogP contribution in [0, 0.1) is 0 Å². The summed E-state index contributed by atoms with van der Waals surface area (Å²) < 4.78 is 5.56. The SMILES string of the molecule is CCCN1CCN(c2ccc(C(=O)NC3(C(=O)N4C[C@H](N=[N+]=[N-])[C@H]5OCC(=O)[C@H]54)CCCC3)cc2)CC1. The number of nitrogens with zero attached hydrogens (tertiary/aromatic N) is 6. The van der Waals surface area contributed by atoms with Gasteiger partial charge in [0.15, 0.2) is 5.78 Å². The zero-order valence-electron chi connectivity index (χ0n) is 21.3. The Morgan fingerprint density at radius 3 is 2.51 bits per heavy atom. The molecule has 3 atom stereocenters. The third-order valence-corrected chi connectivity index (χ3v) is 8.24. The van der Waals surface area contributed by atoms with E-state index in [1.165, 1.54) is 4.90 Å². The van der Waals surface area contributed by atoms with Crippen molar-refractivity contribution in [2.24, 2.45) is 5.11 Å². The number of ketones is 1. The number of nitrogens with one attached hydrogen (secondary N) is 1. The van der Waals surface area contributed by atoms with Crippen LogP contribution in [0.3, 0.4) is 0 Å². The van der Waals surface area contributed by atoms with Crippen LogP contribution in [-0.4, -0.2) is 97.0 Å². The molecular weight excluding hydrogens is 474 g/mol. The van der Waals surface area contributed by atoms with Gasteiger partial charge in [-0.3, -0.25) is 19.3 Å². The Morgan fingerprint density at radius 1 is 1.16 bits per heavy atom. The summed E-state index contributed by atoms with van der Waals surface area (Å²) in [5, 5.41) is 6.81. The Morgan fingerprint density at radius 2 is 1.86 bits per heavy atom. The van der Waals surface area contributed by atoms with E-state index < -0.39 is 23.7 Å². The topological polar surface area (TPSA) is 131 Å². The maximum Gasteiger partial charge on any atom is 0.252 e. The molecule has 0 bridgehead atoms. The maximum atomic E-state index is 13.9. The van der Waals surface area contributed by atoms with Crippen LogP contribution < -0.4 is 10.2 Å². The highest BCUT2D eigenvalue weighted by atomic mass is 16.5. The molecule has 1 aromatic carbocycles. The van der Waals surface area contributed by atoms with Crippen molar-refractivity contribution in [1.82, 2.24) is 15.1 Å². The van der Waals surface area contributed by atoms with Gasteiger partial charge < -0.3 is 19.9 Å². The van der Waals surface area contributed by atoms with Gasteiger partial charge in [-0.15, -0.1) is 0 Å².